The number of likely N-dealkylation sites (tertiary alicyclic amines) is 1. The molecule has 1 amide bonds. The molecule has 0 aromatic carbocycles. The smallest absolute Gasteiger partial charge is 0.234 e. The zero-order chi connectivity index (χ0) is 35.0. The molecule has 1 aromatic rings. The molecular weight excluding hydrogens is 621 g/mol. The zero-order valence-corrected chi connectivity index (χ0v) is 31.1. The third-order valence-corrected chi connectivity index (χ3v) is 7.16. The van der Waals surface area contributed by atoms with Crippen LogP contribution in [0.4, 0.5) is 0 Å². The molecule has 1 aliphatic heterocycles. The van der Waals surface area contributed by atoms with Gasteiger partial charge in [0.2, 0.25) is 5.91 Å². The topological polar surface area (TPSA) is 176 Å². The Hall–Kier alpha value is -2.24. The Morgan fingerprint density at radius 2 is 1.67 bits per heavy atom. The van der Waals surface area contributed by atoms with Crippen LogP contribution in [0.3, 0.4) is 0 Å². The maximum Gasteiger partial charge on any atom is 0.234 e. The van der Waals surface area contributed by atoms with E-state index >= 15 is 0 Å². The summed E-state index contributed by atoms with van der Waals surface area (Å²) in [5.74, 6) is 2.73. The molecule has 0 bridgehead atoms. The second-order valence-corrected chi connectivity index (χ2v) is 11.4. The summed E-state index contributed by atoms with van der Waals surface area (Å²) in [6, 6.07) is -0.356. The summed E-state index contributed by atoms with van der Waals surface area (Å²) in [4.78, 5) is 32.0. The Bertz CT molecular complexity index is 874. The first-order chi connectivity index (χ1) is 21.8. The van der Waals surface area contributed by atoms with Gasteiger partial charge >= 0.3 is 0 Å². The standard InChI is InChI=1S/C17H27N3O.C10H17N2O2.C4H10.C2H6.C2H4.H2O2.V.H2/c18-12-11-17-19-13-16(21)15(20-17)10-4-2-1-3-7-14-8-5-6-9-14;1-2-3-8-4-5-12(9(8)7-13)10(14)6-11;1-4(2)3;3*1-2;;/h11-14,21H,1-10,18H2;8-9H,2-6,11H2,1H3;4H,1-3H3;1-2H3;1-2H2;1-2H;;1H/q;-1;;;;;;/b12-11-;;;;;;;/t;8-,9-;;;;;;/m.1....../s1. The Morgan fingerprint density at radius 3 is 2.17 bits per heavy atom. The number of aromatic hydroxyl groups is 1. The third kappa shape index (κ3) is 24.0. The van der Waals surface area contributed by atoms with Gasteiger partial charge in [-0.3, -0.25) is 15.3 Å². The van der Waals surface area contributed by atoms with E-state index in [0.717, 1.165) is 49.6 Å². The van der Waals surface area contributed by atoms with Crippen LogP contribution >= 0.6 is 0 Å². The van der Waals surface area contributed by atoms with Crippen LogP contribution in [0.25, 0.3) is 6.08 Å². The number of hydrogen-bond donors (Lipinski definition) is 5. The first kappa shape index (κ1) is 50.6. The van der Waals surface area contributed by atoms with Crippen LogP contribution in [-0.2, 0) is 34.6 Å². The van der Waals surface area contributed by atoms with E-state index in [9.17, 15) is 14.7 Å². The van der Waals surface area contributed by atoms with Gasteiger partial charge in [-0.05, 0) is 49.3 Å². The van der Waals surface area contributed by atoms with E-state index in [1.54, 1.807) is 11.0 Å². The molecule has 1 saturated heterocycles. The normalized spacial score (nSPS) is 16.5. The van der Waals surface area contributed by atoms with Crippen molar-refractivity contribution in [3.8, 4) is 5.75 Å². The molecule has 11 heteroatoms. The van der Waals surface area contributed by atoms with Gasteiger partial charge in [-0.25, -0.2) is 16.3 Å². The third-order valence-electron chi connectivity index (χ3n) is 7.16. The van der Waals surface area contributed by atoms with Crippen molar-refractivity contribution < 1.29 is 45.2 Å². The fraction of sp³-hybridized carbons (Fsp3) is 0.714. The molecule has 2 heterocycles. The van der Waals surface area contributed by atoms with Crippen LogP contribution in [0.2, 0.25) is 0 Å². The molecule has 2 aliphatic rings. The van der Waals surface area contributed by atoms with Gasteiger partial charge in [0, 0.05) is 26.5 Å². The summed E-state index contributed by atoms with van der Waals surface area (Å²) in [6.07, 6.45) is 22.3. The fourth-order valence-corrected chi connectivity index (χ4v) is 5.24. The number of rotatable bonds is 12. The van der Waals surface area contributed by atoms with Gasteiger partial charge in [0.1, 0.15) is 0 Å². The van der Waals surface area contributed by atoms with Crippen molar-refractivity contribution in [1.29, 1.82) is 0 Å². The number of carbonyl (C=O) groups is 1. The number of amides is 1. The van der Waals surface area contributed by atoms with Crippen molar-refractivity contribution in [2.24, 2.45) is 29.2 Å². The van der Waals surface area contributed by atoms with E-state index in [1.807, 2.05) is 20.1 Å². The van der Waals surface area contributed by atoms with Crippen molar-refractivity contribution in [2.45, 2.75) is 131 Å². The number of aromatic nitrogens is 2. The predicted molar refractivity (Wildman–Crippen MR) is 189 cm³/mol. The summed E-state index contributed by atoms with van der Waals surface area (Å²) in [6.45, 7) is 19.2. The van der Waals surface area contributed by atoms with Gasteiger partial charge < -0.3 is 26.3 Å². The largest absolute Gasteiger partial charge is 0.540 e. The monoisotopic (exact) mass is 689 g/mol. The van der Waals surface area contributed by atoms with Crippen LogP contribution in [-0.4, -0.2) is 61.8 Å². The number of unbranched alkanes of at least 4 members (excludes halogenated alkanes) is 3. The van der Waals surface area contributed by atoms with E-state index in [1.165, 1.54) is 63.8 Å². The fourth-order valence-electron chi connectivity index (χ4n) is 5.24. The van der Waals surface area contributed by atoms with Crippen molar-refractivity contribution >= 4 is 18.3 Å². The quantitative estimate of drug-likeness (QED) is 0.0486. The minimum absolute atomic E-state index is 0. The molecule has 1 aliphatic carbocycles. The van der Waals surface area contributed by atoms with Gasteiger partial charge in [-0.2, -0.15) is 0 Å². The Morgan fingerprint density at radius 1 is 1.11 bits per heavy atom. The molecule has 1 saturated carbocycles. The van der Waals surface area contributed by atoms with Gasteiger partial charge in [0.25, 0.3) is 0 Å². The molecule has 10 nitrogen and oxygen atoms in total. The maximum atomic E-state index is 11.4. The number of hydrogen-bond acceptors (Lipinski definition) is 9. The summed E-state index contributed by atoms with van der Waals surface area (Å²) < 4.78 is 0. The number of aryl methyl sites for hydroxylation is 1. The van der Waals surface area contributed by atoms with Crippen molar-refractivity contribution in [1.82, 2.24) is 14.9 Å². The molecule has 3 rings (SSSR count). The van der Waals surface area contributed by atoms with E-state index in [0.29, 0.717) is 12.4 Å². The second kappa shape index (κ2) is 35.6. The average Bonchev–Trinajstić information content (AvgIpc) is 3.73. The molecule has 0 unspecified atom stereocenters. The Labute approximate surface area is 293 Å². The van der Waals surface area contributed by atoms with Gasteiger partial charge in [-0.1, -0.05) is 112 Å². The minimum atomic E-state index is -0.356. The number of nitrogens with two attached hydrogens (primary N) is 2. The summed E-state index contributed by atoms with van der Waals surface area (Å²) >= 11 is 0. The molecular formula is C35H68N5O5V-. The van der Waals surface area contributed by atoms with Crippen LogP contribution in [0, 0.1) is 17.8 Å². The predicted octanol–water partition coefficient (Wildman–Crippen LogP) is 7.62. The molecule has 269 valence electrons. The van der Waals surface area contributed by atoms with Crippen LogP contribution in [0.1, 0.15) is 132 Å². The van der Waals surface area contributed by atoms with Crippen LogP contribution in [0.15, 0.2) is 25.6 Å². The maximum absolute atomic E-state index is 11.4. The van der Waals surface area contributed by atoms with E-state index in [-0.39, 0.29) is 50.1 Å². The van der Waals surface area contributed by atoms with Gasteiger partial charge in [0.05, 0.1) is 18.4 Å². The van der Waals surface area contributed by atoms with Crippen LogP contribution < -0.4 is 11.5 Å². The van der Waals surface area contributed by atoms with Gasteiger partial charge in [0.15, 0.2) is 11.6 Å². The Balaban J connectivity index is -0.000000197. The Kier molecular flexibility index (Phi) is 39.2. The summed E-state index contributed by atoms with van der Waals surface area (Å²) in [5.41, 5.74) is 11.3. The number of nitrogens with zero attached hydrogens (tertiary/aromatic N) is 3. The zero-order valence-electron chi connectivity index (χ0n) is 29.7. The SMILES string of the molecule is C=C.CC.CC(C)C.CCC[C@@H]1CCN(C(=O)CN)[C@@H]1[C-]=O.N/C=C\c1ncc(O)c(CCCCCCC2CCCC2)n1.OO.[HH].[V]. The van der Waals surface area contributed by atoms with E-state index in [4.69, 9.17) is 22.0 Å². The number of carbonyl (C=O) groups excluding carboxylic acids is 2. The van der Waals surface area contributed by atoms with Crippen molar-refractivity contribution in [2.75, 3.05) is 13.1 Å². The van der Waals surface area contributed by atoms with E-state index in [2.05, 4.69) is 50.8 Å². The molecule has 7 N–H and O–H groups in total. The van der Waals surface area contributed by atoms with Crippen LogP contribution in [0.5, 0.6) is 5.75 Å². The second-order valence-electron chi connectivity index (χ2n) is 11.4. The van der Waals surface area contributed by atoms with Gasteiger partial charge in [-0.15, -0.1) is 13.2 Å². The van der Waals surface area contributed by atoms with E-state index < -0.39 is 0 Å². The molecule has 0 spiro atoms. The minimum Gasteiger partial charge on any atom is -0.540 e. The van der Waals surface area contributed by atoms with Crippen molar-refractivity contribution in [3.05, 3.63) is 37.1 Å². The summed E-state index contributed by atoms with van der Waals surface area (Å²) in [5, 5.41) is 21.8. The molecule has 46 heavy (non-hydrogen) atoms. The van der Waals surface area contributed by atoms with Crippen molar-refractivity contribution in [3.63, 3.8) is 0 Å². The first-order valence-electron chi connectivity index (χ1n) is 16.8. The molecule has 2 fully saturated rings. The first-order valence-corrected chi connectivity index (χ1v) is 16.8. The summed E-state index contributed by atoms with van der Waals surface area (Å²) in [7, 11) is 0. The molecule has 2 atom stereocenters. The molecule has 1 aromatic heterocycles. The molecule has 1 radical (unpaired) electrons. The average molecular weight is 690 g/mol.